The van der Waals surface area contributed by atoms with Crippen LogP contribution < -0.4 is 14.4 Å². The number of aryl methyl sites for hydroxylation is 2. The Labute approximate surface area is 177 Å². The molecule has 1 saturated heterocycles. The quantitative estimate of drug-likeness (QED) is 0.728. The molecule has 1 atom stereocenters. The number of carbonyl (C=O) groups is 2. The topological polar surface area (TPSA) is 59.1 Å². The van der Waals surface area contributed by atoms with Gasteiger partial charge in [-0.2, -0.15) is 0 Å². The first-order valence-electron chi connectivity index (χ1n) is 10.6. The van der Waals surface area contributed by atoms with E-state index in [9.17, 15) is 9.59 Å². The Balaban J connectivity index is 1.69. The zero-order valence-electron chi connectivity index (χ0n) is 18.0. The molecule has 1 unspecified atom stereocenters. The standard InChI is InChI=1S/C24H28N2O4/c1-5-29-21-12-17-9-10-25-20(19(17)13-22(21)30-6-2)14-23(27)26(24(25)28)18-8-7-15(3)16(4)11-18/h7-8,11-13,20H,5-6,9-10,14H2,1-4H3. The van der Waals surface area contributed by atoms with E-state index in [-0.39, 0.29) is 24.4 Å². The Morgan fingerprint density at radius 1 is 0.967 bits per heavy atom. The van der Waals surface area contributed by atoms with Crippen LogP contribution in [0.25, 0.3) is 0 Å². The third-order valence-corrected chi connectivity index (χ3v) is 5.97. The SMILES string of the molecule is CCOc1cc2c(cc1OCC)C1CC(=O)N(c3ccc(C)c(C)c3)C(=O)N1CC2. The first kappa shape index (κ1) is 20.3. The van der Waals surface area contributed by atoms with E-state index in [0.29, 0.717) is 31.2 Å². The fraction of sp³-hybridized carbons (Fsp3) is 0.417. The number of urea groups is 1. The van der Waals surface area contributed by atoms with Crippen LogP contribution in [0.3, 0.4) is 0 Å². The molecule has 30 heavy (non-hydrogen) atoms. The van der Waals surface area contributed by atoms with E-state index in [4.69, 9.17) is 9.47 Å². The van der Waals surface area contributed by atoms with E-state index in [2.05, 4.69) is 0 Å². The highest BCUT2D eigenvalue weighted by Crippen LogP contribution is 2.42. The summed E-state index contributed by atoms with van der Waals surface area (Å²) in [5, 5.41) is 0. The van der Waals surface area contributed by atoms with Crippen molar-refractivity contribution in [3.05, 3.63) is 52.6 Å². The van der Waals surface area contributed by atoms with Crippen LogP contribution in [0.4, 0.5) is 10.5 Å². The summed E-state index contributed by atoms with van der Waals surface area (Å²) < 4.78 is 11.5. The van der Waals surface area contributed by atoms with Crippen LogP contribution in [0.5, 0.6) is 11.5 Å². The molecule has 2 aromatic rings. The minimum absolute atomic E-state index is 0.177. The minimum Gasteiger partial charge on any atom is -0.490 e. The lowest BCUT2D eigenvalue weighted by Crippen LogP contribution is -2.55. The van der Waals surface area contributed by atoms with Gasteiger partial charge in [-0.3, -0.25) is 4.79 Å². The van der Waals surface area contributed by atoms with Crippen LogP contribution in [0.1, 0.15) is 48.6 Å². The molecule has 158 valence electrons. The average molecular weight is 408 g/mol. The molecule has 0 N–H and O–H groups in total. The first-order chi connectivity index (χ1) is 14.4. The molecular formula is C24H28N2O4. The number of anilines is 1. The van der Waals surface area contributed by atoms with Gasteiger partial charge in [-0.15, -0.1) is 0 Å². The third-order valence-electron chi connectivity index (χ3n) is 5.97. The third kappa shape index (κ3) is 3.40. The van der Waals surface area contributed by atoms with E-state index < -0.39 is 0 Å². The van der Waals surface area contributed by atoms with Gasteiger partial charge in [0, 0.05) is 6.54 Å². The maximum absolute atomic E-state index is 13.3. The van der Waals surface area contributed by atoms with E-state index in [0.717, 1.165) is 34.4 Å². The number of benzene rings is 2. The molecule has 0 bridgehead atoms. The molecule has 0 spiro atoms. The Morgan fingerprint density at radius 3 is 2.33 bits per heavy atom. The summed E-state index contributed by atoms with van der Waals surface area (Å²) in [6.07, 6.45) is 0.976. The lowest BCUT2D eigenvalue weighted by molar-refractivity contribution is -0.120. The number of hydrogen-bond acceptors (Lipinski definition) is 4. The lowest BCUT2D eigenvalue weighted by Gasteiger charge is -2.44. The van der Waals surface area contributed by atoms with E-state index >= 15 is 0 Å². The average Bonchev–Trinajstić information content (AvgIpc) is 2.71. The Hall–Kier alpha value is -3.02. The minimum atomic E-state index is -0.272. The molecular weight excluding hydrogens is 380 g/mol. The number of rotatable bonds is 5. The smallest absolute Gasteiger partial charge is 0.331 e. The number of carbonyl (C=O) groups excluding carboxylic acids is 2. The van der Waals surface area contributed by atoms with E-state index in [1.165, 1.54) is 4.90 Å². The maximum atomic E-state index is 13.3. The van der Waals surface area contributed by atoms with Crippen molar-refractivity contribution < 1.29 is 19.1 Å². The number of ether oxygens (including phenoxy) is 2. The summed E-state index contributed by atoms with van der Waals surface area (Å²) in [4.78, 5) is 29.5. The molecule has 2 aromatic carbocycles. The number of hydrogen-bond donors (Lipinski definition) is 0. The van der Waals surface area contributed by atoms with Crippen molar-refractivity contribution in [3.8, 4) is 11.5 Å². The normalized spacial score (nSPS) is 18.2. The first-order valence-corrected chi connectivity index (χ1v) is 10.6. The van der Waals surface area contributed by atoms with Crippen LogP contribution in [0, 0.1) is 13.8 Å². The molecule has 1 fully saturated rings. The predicted octanol–water partition coefficient (Wildman–Crippen LogP) is 4.56. The van der Waals surface area contributed by atoms with Gasteiger partial charge >= 0.3 is 6.03 Å². The molecule has 2 heterocycles. The Bertz CT molecular complexity index is 1000. The van der Waals surface area contributed by atoms with Crippen LogP contribution >= 0.6 is 0 Å². The molecule has 3 amide bonds. The summed E-state index contributed by atoms with van der Waals surface area (Å²) in [7, 11) is 0. The van der Waals surface area contributed by atoms with Crippen LogP contribution in [0.15, 0.2) is 30.3 Å². The predicted molar refractivity (Wildman–Crippen MR) is 115 cm³/mol. The van der Waals surface area contributed by atoms with Crippen LogP contribution in [0.2, 0.25) is 0 Å². The Kier molecular flexibility index (Phi) is 5.41. The summed E-state index contributed by atoms with van der Waals surface area (Å²) >= 11 is 0. The summed E-state index contributed by atoms with van der Waals surface area (Å²) in [6, 6.07) is 9.14. The van der Waals surface area contributed by atoms with Gasteiger partial charge in [0.1, 0.15) is 0 Å². The van der Waals surface area contributed by atoms with Crippen LogP contribution in [-0.4, -0.2) is 36.6 Å². The second kappa shape index (κ2) is 8.01. The summed E-state index contributed by atoms with van der Waals surface area (Å²) in [5.74, 6) is 1.21. The lowest BCUT2D eigenvalue weighted by atomic mass is 9.88. The van der Waals surface area contributed by atoms with Gasteiger partial charge in [-0.25, -0.2) is 9.69 Å². The fourth-order valence-corrected chi connectivity index (χ4v) is 4.31. The molecule has 0 radical (unpaired) electrons. The second-order valence-electron chi connectivity index (χ2n) is 7.81. The monoisotopic (exact) mass is 408 g/mol. The van der Waals surface area contributed by atoms with Crippen molar-refractivity contribution in [2.75, 3.05) is 24.7 Å². The second-order valence-corrected chi connectivity index (χ2v) is 7.81. The number of amides is 3. The molecule has 6 heteroatoms. The fourth-order valence-electron chi connectivity index (χ4n) is 4.31. The van der Waals surface area contributed by atoms with Gasteiger partial charge in [0.2, 0.25) is 5.91 Å². The van der Waals surface area contributed by atoms with Crippen LogP contribution in [-0.2, 0) is 11.2 Å². The number of imide groups is 1. The highest BCUT2D eigenvalue weighted by Gasteiger charge is 2.43. The largest absolute Gasteiger partial charge is 0.490 e. The van der Waals surface area contributed by atoms with Gasteiger partial charge in [-0.1, -0.05) is 6.07 Å². The molecule has 4 rings (SSSR count). The zero-order valence-corrected chi connectivity index (χ0v) is 18.0. The molecule has 0 aliphatic carbocycles. The van der Waals surface area contributed by atoms with E-state index in [1.54, 1.807) is 0 Å². The van der Waals surface area contributed by atoms with Gasteiger partial charge < -0.3 is 14.4 Å². The van der Waals surface area contributed by atoms with Crippen molar-refractivity contribution >= 4 is 17.6 Å². The molecule has 2 aliphatic heterocycles. The molecule has 0 saturated carbocycles. The van der Waals surface area contributed by atoms with Crippen molar-refractivity contribution in [1.82, 2.24) is 4.90 Å². The van der Waals surface area contributed by atoms with Gasteiger partial charge in [0.15, 0.2) is 11.5 Å². The van der Waals surface area contributed by atoms with Crippen molar-refractivity contribution in [2.24, 2.45) is 0 Å². The number of nitrogens with zero attached hydrogens (tertiary/aromatic N) is 2. The van der Waals surface area contributed by atoms with Crippen molar-refractivity contribution in [1.29, 1.82) is 0 Å². The summed E-state index contributed by atoms with van der Waals surface area (Å²) in [6.45, 7) is 9.52. The molecule has 0 aromatic heterocycles. The van der Waals surface area contributed by atoms with Gasteiger partial charge in [-0.05, 0) is 80.6 Å². The highest BCUT2D eigenvalue weighted by atomic mass is 16.5. The van der Waals surface area contributed by atoms with Gasteiger partial charge in [0.25, 0.3) is 0 Å². The van der Waals surface area contributed by atoms with Crippen molar-refractivity contribution in [2.45, 2.75) is 46.6 Å². The Morgan fingerprint density at radius 2 is 1.67 bits per heavy atom. The number of fused-ring (bicyclic) bond motifs is 3. The molecule has 6 nitrogen and oxygen atoms in total. The van der Waals surface area contributed by atoms with E-state index in [1.807, 2.05) is 62.9 Å². The van der Waals surface area contributed by atoms with Gasteiger partial charge in [0.05, 0.1) is 31.4 Å². The molecule has 2 aliphatic rings. The highest BCUT2D eigenvalue weighted by molar-refractivity contribution is 6.16. The van der Waals surface area contributed by atoms with Crippen molar-refractivity contribution in [3.63, 3.8) is 0 Å². The zero-order chi connectivity index (χ0) is 21.4. The summed E-state index contributed by atoms with van der Waals surface area (Å²) in [5.41, 5.74) is 4.93. The maximum Gasteiger partial charge on any atom is 0.331 e.